The molecule has 1 aromatic carbocycles. The Balaban J connectivity index is 0.000000963. The lowest BCUT2D eigenvalue weighted by Crippen LogP contribution is -2.31. The molecule has 88 valence electrons. The van der Waals surface area contributed by atoms with Gasteiger partial charge in [0.2, 0.25) is 0 Å². The number of hydrogen-bond donors (Lipinski definition) is 1. The molecule has 2 fully saturated rings. The van der Waals surface area contributed by atoms with Crippen LogP contribution in [-0.2, 0) is 0 Å². The zero-order chi connectivity index (χ0) is 10.3. The van der Waals surface area contributed by atoms with E-state index in [0.29, 0.717) is 11.7 Å². The molecule has 2 heterocycles. The van der Waals surface area contributed by atoms with Crippen molar-refractivity contribution in [3.8, 4) is 5.75 Å². The lowest BCUT2D eigenvalue weighted by molar-refractivity contribution is 0.243. The maximum absolute atomic E-state index is 9.48. The highest BCUT2D eigenvalue weighted by molar-refractivity contribution is 8.93. The van der Waals surface area contributed by atoms with Crippen LogP contribution in [0.25, 0.3) is 0 Å². The van der Waals surface area contributed by atoms with Crippen LogP contribution in [0.5, 0.6) is 5.75 Å². The Hall–Kier alpha value is -0.540. The van der Waals surface area contributed by atoms with Gasteiger partial charge < -0.3 is 10.0 Å². The van der Waals surface area contributed by atoms with Crippen molar-refractivity contribution in [1.29, 1.82) is 0 Å². The van der Waals surface area contributed by atoms with Crippen LogP contribution >= 0.6 is 17.0 Å². The Morgan fingerprint density at radius 1 is 1.25 bits per heavy atom. The lowest BCUT2D eigenvalue weighted by Gasteiger charge is -2.30. The summed E-state index contributed by atoms with van der Waals surface area (Å²) in [6.07, 6.45) is 2.68. The minimum absolute atomic E-state index is 0. The maximum atomic E-state index is 9.48. The van der Waals surface area contributed by atoms with Crippen molar-refractivity contribution in [2.45, 2.75) is 18.8 Å². The third-order valence-corrected chi connectivity index (χ3v) is 3.81. The fraction of sp³-hybridized carbons (Fsp3) is 0.538. The third-order valence-electron chi connectivity index (χ3n) is 3.81. The molecule has 0 saturated carbocycles. The molecule has 2 bridgehead atoms. The van der Waals surface area contributed by atoms with Gasteiger partial charge in [0.25, 0.3) is 0 Å². The zero-order valence-corrected chi connectivity index (χ0v) is 11.0. The van der Waals surface area contributed by atoms with Gasteiger partial charge in [-0.05, 0) is 48.9 Å². The van der Waals surface area contributed by atoms with Crippen LogP contribution in [0.4, 0.5) is 0 Å². The lowest BCUT2D eigenvalue weighted by atomic mass is 9.86. The van der Waals surface area contributed by atoms with Gasteiger partial charge in [0, 0.05) is 13.1 Å². The quantitative estimate of drug-likeness (QED) is 0.857. The van der Waals surface area contributed by atoms with Gasteiger partial charge in [-0.25, -0.2) is 0 Å². The standard InChI is InChI=1S/C13H17NO.BrH/c15-13-3-1-2-11(7-13)12-6-10-4-5-14(8-10)9-12;/h1-3,7,10,12,15H,4-6,8-9H2;1H. The number of aromatic hydroxyl groups is 1. The van der Waals surface area contributed by atoms with Crippen molar-refractivity contribution in [3.63, 3.8) is 0 Å². The normalized spacial score (nSPS) is 32.1. The third kappa shape index (κ3) is 2.25. The fourth-order valence-corrected chi connectivity index (χ4v) is 3.08. The van der Waals surface area contributed by atoms with Crippen LogP contribution < -0.4 is 0 Å². The first-order valence-corrected chi connectivity index (χ1v) is 5.82. The summed E-state index contributed by atoms with van der Waals surface area (Å²) in [5.74, 6) is 1.94. The van der Waals surface area contributed by atoms with Gasteiger partial charge in [-0.15, -0.1) is 17.0 Å². The molecule has 2 aliphatic rings. The molecular formula is C13H18BrNO. The Morgan fingerprint density at radius 3 is 2.88 bits per heavy atom. The number of fused-ring (bicyclic) bond motifs is 2. The Labute approximate surface area is 107 Å². The highest BCUT2D eigenvalue weighted by Gasteiger charge is 2.32. The summed E-state index contributed by atoms with van der Waals surface area (Å²) >= 11 is 0. The summed E-state index contributed by atoms with van der Waals surface area (Å²) < 4.78 is 0. The Kier molecular flexibility index (Phi) is 3.55. The van der Waals surface area contributed by atoms with E-state index in [1.807, 2.05) is 12.1 Å². The molecule has 0 amide bonds. The van der Waals surface area contributed by atoms with Crippen molar-refractivity contribution in [3.05, 3.63) is 29.8 Å². The molecule has 1 aromatic rings. The zero-order valence-electron chi connectivity index (χ0n) is 9.30. The van der Waals surface area contributed by atoms with E-state index in [1.165, 1.54) is 38.0 Å². The minimum Gasteiger partial charge on any atom is -0.508 e. The number of benzene rings is 1. The van der Waals surface area contributed by atoms with E-state index in [0.717, 1.165) is 5.92 Å². The maximum Gasteiger partial charge on any atom is 0.115 e. The molecule has 2 saturated heterocycles. The molecular weight excluding hydrogens is 266 g/mol. The summed E-state index contributed by atoms with van der Waals surface area (Å²) in [5.41, 5.74) is 1.31. The van der Waals surface area contributed by atoms with E-state index in [2.05, 4.69) is 11.0 Å². The number of phenolic OH excluding ortho intramolecular Hbond substituents is 1. The first kappa shape index (κ1) is 11.9. The topological polar surface area (TPSA) is 23.5 Å². The SMILES string of the molecule is Br.Oc1cccc(C2CC3CCN(C3)C2)c1. The fourth-order valence-electron chi connectivity index (χ4n) is 3.08. The molecule has 0 radical (unpaired) electrons. The largest absolute Gasteiger partial charge is 0.508 e. The molecule has 3 heteroatoms. The molecule has 0 spiro atoms. The molecule has 3 atom stereocenters. The highest BCUT2D eigenvalue weighted by atomic mass is 79.9. The molecule has 3 rings (SSSR count). The number of halogens is 1. The number of phenols is 1. The predicted molar refractivity (Wildman–Crippen MR) is 70.3 cm³/mol. The molecule has 1 N–H and O–H groups in total. The summed E-state index contributed by atoms with van der Waals surface area (Å²) in [4.78, 5) is 2.56. The molecule has 0 aromatic heterocycles. The van der Waals surface area contributed by atoms with Crippen molar-refractivity contribution in [2.24, 2.45) is 5.92 Å². The van der Waals surface area contributed by atoms with Crippen LogP contribution in [0.1, 0.15) is 24.3 Å². The average molecular weight is 284 g/mol. The van der Waals surface area contributed by atoms with E-state index in [-0.39, 0.29) is 17.0 Å². The van der Waals surface area contributed by atoms with E-state index in [4.69, 9.17) is 0 Å². The summed E-state index contributed by atoms with van der Waals surface area (Å²) in [5, 5.41) is 9.48. The van der Waals surface area contributed by atoms with Gasteiger partial charge >= 0.3 is 0 Å². The van der Waals surface area contributed by atoms with Gasteiger partial charge in [-0.1, -0.05) is 12.1 Å². The number of rotatable bonds is 1. The van der Waals surface area contributed by atoms with Crippen LogP contribution in [0.3, 0.4) is 0 Å². The second kappa shape index (κ2) is 4.76. The first-order valence-electron chi connectivity index (χ1n) is 5.82. The molecule has 2 nitrogen and oxygen atoms in total. The van der Waals surface area contributed by atoms with Gasteiger partial charge in [-0.2, -0.15) is 0 Å². The Bertz CT molecular complexity index is 357. The van der Waals surface area contributed by atoms with E-state index in [9.17, 15) is 5.11 Å². The minimum atomic E-state index is 0. The van der Waals surface area contributed by atoms with Crippen LogP contribution in [0, 0.1) is 5.92 Å². The van der Waals surface area contributed by atoms with E-state index in [1.54, 1.807) is 6.07 Å². The highest BCUT2D eigenvalue weighted by Crippen LogP contribution is 2.36. The molecule has 0 aliphatic carbocycles. The van der Waals surface area contributed by atoms with Gasteiger partial charge in [0.05, 0.1) is 0 Å². The smallest absolute Gasteiger partial charge is 0.115 e. The molecule has 2 aliphatic heterocycles. The van der Waals surface area contributed by atoms with Crippen molar-refractivity contribution in [1.82, 2.24) is 4.90 Å². The monoisotopic (exact) mass is 283 g/mol. The van der Waals surface area contributed by atoms with Crippen molar-refractivity contribution >= 4 is 17.0 Å². The summed E-state index contributed by atoms with van der Waals surface area (Å²) in [6, 6.07) is 7.78. The second-order valence-electron chi connectivity index (χ2n) is 4.94. The number of nitrogens with zero attached hydrogens (tertiary/aromatic N) is 1. The second-order valence-corrected chi connectivity index (χ2v) is 4.94. The predicted octanol–water partition coefficient (Wildman–Crippen LogP) is 2.78. The van der Waals surface area contributed by atoms with Gasteiger partial charge in [0.1, 0.15) is 5.75 Å². The van der Waals surface area contributed by atoms with Crippen molar-refractivity contribution < 1.29 is 5.11 Å². The molecule has 16 heavy (non-hydrogen) atoms. The van der Waals surface area contributed by atoms with Gasteiger partial charge in [0.15, 0.2) is 0 Å². The molecule has 3 unspecified atom stereocenters. The van der Waals surface area contributed by atoms with Crippen LogP contribution in [0.2, 0.25) is 0 Å². The summed E-state index contributed by atoms with van der Waals surface area (Å²) in [6.45, 7) is 3.76. The first-order chi connectivity index (χ1) is 7.31. The number of hydrogen-bond acceptors (Lipinski definition) is 2. The number of piperidine rings is 1. The van der Waals surface area contributed by atoms with E-state index >= 15 is 0 Å². The Morgan fingerprint density at radius 2 is 2.12 bits per heavy atom. The van der Waals surface area contributed by atoms with Crippen LogP contribution in [0.15, 0.2) is 24.3 Å². The van der Waals surface area contributed by atoms with Gasteiger partial charge in [-0.3, -0.25) is 0 Å². The van der Waals surface area contributed by atoms with Crippen LogP contribution in [-0.4, -0.2) is 29.6 Å². The average Bonchev–Trinajstić information content (AvgIpc) is 2.58. The summed E-state index contributed by atoms with van der Waals surface area (Å²) in [7, 11) is 0. The van der Waals surface area contributed by atoms with Crippen molar-refractivity contribution in [2.75, 3.05) is 19.6 Å². The van der Waals surface area contributed by atoms with E-state index < -0.39 is 0 Å².